The summed E-state index contributed by atoms with van der Waals surface area (Å²) >= 11 is 0. The maximum Gasteiger partial charge on any atom is 0.525 e. The number of pyridine rings is 1. The van der Waals surface area contributed by atoms with E-state index in [0.717, 1.165) is 12.3 Å². The van der Waals surface area contributed by atoms with Crippen LogP contribution in [0.15, 0.2) is 54.7 Å². The fraction of sp³-hybridized carbons (Fsp3) is 0.190. The number of rotatable bonds is 1. The van der Waals surface area contributed by atoms with Gasteiger partial charge in [-0.1, -0.05) is 38.1 Å². The molecule has 0 N–H and O–H groups in total. The van der Waals surface area contributed by atoms with Crippen molar-refractivity contribution in [2.75, 3.05) is 4.81 Å². The predicted molar refractivity (Wildman–Crippen MR) is 99.9 cm³/mol. The van der Waals surface area contributed by atoms with Gasteiger partial charge >= 0.3 is 7.05 Å². The van der Waals surface area contributed by atoms with E-state index in [0.29, 0.717) is 5.92 Å². The largest absolute Gasteiger partial charge is 0.536 e. The highest BCUT2D eigenvalue weighted by atomic mass is 16.5. The summed E-state index contributed by atoms with van der Waals surface area (Å²) in [4.78, 5) is 2.38. The van der Waals surface area contributed by atoms with Crippen LogP contribution in [-0.4, -0.2) is 7.05 Å². The third-order valence-electron chi connectivity index (χ3n) is 5.72. The zero-order chi connectivity index (χ0) is 16.7. The first kappa shape index (κ1) is 13.5. The molecule has 0 bridgehead atoms. The Morgan fingerprint density at radius 1 is 1.08 bits per heavy atom. The molecule has 120 valence electrons. The summed E-state index contributed by atoms with van der Waals surface area (Å²) < 4.78 is 8.79. The van der Waals surface area contributed by atoms with Crippen LogP contribution in [0, 0.1) is 0 Å². The van der Waals surface area contributed by atoms with Gasteiger partial charge in [0.05, 0.1) is 11.3 Å². The second-order valence-electron chi connectivity index (χ2n) is 7.47. The number of fused-ring (bicyclic) bond motifs is 5. The number of nitrogens with zero attached hydrogens (tertiary/aromatic N) is 2. The molecule has 6 rings (SSSR count). The summed E-state index contributed by atoms with van der Waals surface area (Å²) in [5, 5.41) is 0. The first-order chi connectivity index (χ1) is 12.2. The summed E-state index contributed by atoms with van der Waals surface area (Å²) in [6.07, 6.45) is 2.19. The van der Waals surface area contributed by atoms with Gasteiger partial charge in [0, 0.05) is 17.1 Å². The molecule has 3 aromatic rings. The van der Waals surface area contributed by atoms with Crippen LogP contribution in [-0.2, 0) is 6.54 Å². The van der Waals surface area contributed by atoms with E-state index < -0.39 is 0 Å². The Morgan fingerprint density at radius 2 is 2.00 bits per heavy atom. The van der Waals surface area contributed by atoms with Gasteiger partial charge < -0.3 is 9.47 Å². The van der Waals surface area contributed by atoms with Crippen molar-refractivity contribution in [2.45, 2.75) is 26.3 Å². The Kier molecular flexibility index (Phi) is 2.41. The van der Waals surface area contributed by atoms with Crippen molar-refractivity contribution >= 4 is 23.9 Å². The summed E-state index contributed by atoms with van der Waals surface area (Å²) in [5.74, 6) is 1.48. The average molecular weight is 325 g/mol. The molecule has 0 atom stereocenters. The number of aromatic nitrogens is 1. The number of hydrogen-bond donors (Lipinski definition) is 0. The topological polar surface area (TPSA) is 16.4 Å². The van der Waals surface area contributed by atoms with Gasteiger partial charge in [0.15, 0.2) is 12.7 Å². The molecule has 3 aliphatic heterocycles. The van der Waals surface area contributed by atoms with Gasteiger partial charge in [0.2, 0.25) is 5.69 Å². The Labute approximate surface area is 147 Å². The quantitative estimate of drug-likeness (QED) is 0.394. The average Bonchev–Trinajstić information content (AvgIpc) is 3.19. The maximum atomic E-state index is 6.42. The van der Waals surface area contributed by atoms with Crippen LogP contribution in [0.25, 0.3) is 11.3 Å². The molecule has 0 radical (unpaired) electrons. The smallest absolute Gasteiger partial charge is 0.525 e. The Balaban J connectivity index is 1.66. The number of hydrogen-bond acceptors (Lipinski definition) is 2. The number of benzene rings is 2. The lowest BCUT2D eigenvalue weighted by molar-refractivity contribution is -0.671. The van der Waals surface area contributed by atoms with Crippen LogP contribution < -0.4 is 19.5 Å². The SMILES string of the molecule is CC(C)c1ccc2c(c1)N1B(O2)c2cccc3c2-c2c1ccc[n+]2C3. The highest BCUT2D eigenvalue weighted by Crippen LogP contribution is 2.48. The first-order valence-electron chi connectivity index (χ1n) is 8.97. The summed E-state index contributed by atoms with van der Waals surface area (Å²) in [6, 6.07) is 17.6. The molecule has 1 aromatic heterocycles. The first-order valence-corrected chi connectivity index (χ1v) is 8.97. The van der Waals surface area contributed by atoms with Gasteiger partial charge in [0.25, 0.3) is 0 Å². The zero-order valence-corrected chi connectivity index (χ0v) is 14.4. The van der Waals surface area contributed by atoms with E-state index in [2.05, 4.69) is 78.0 Å². The van der Waals surface area contributed by atoms with Crippen LogP contribution in [0.5, 0.6) is 5.75 Å². The zero-order valence-electron chi connectivity index (χ0n) is 14.4. The summed E-state index contributed by atoms with van der Waals surface area (Å²) in [7, 11) is -0.0613. The van der Waals surface area contributed by atoms with Crippen molar-refractivity contribution in [3.63, 3.8) is 0 Å². The lowest BCUT2D eigenvalue weighted by atomic mass is 9.65. The minimum absolute atomic E-state index is 0.0613. The highest BCUT2D eigenvalue weighted by molar-refractivity contribution is 6.77. The van der Waals surface area contributed by atoms with Gasteiger partial charge in [-0.3, -0.25) is 0 Å². The maximum absolute atomic E-state index is 6.42. The van der Waals surface area contributed by atoms with E-state index in [-0.39, 0.29) is 7.05 Å². The van der Waals surface area contributed by atoms with Gasteiger partial charge in [-0.2, -0.15) is 4.57 Å². The molecule has 0 fully saturated rings. The van der Waals surface area contributed by atoms with Gasteiger partial charge in [-0.15, -0.1) is 0 Å². The monoisotopic (exact) mass is 325 g/mol. The molecule has 0 amide bonds. The predicted octanol–water partition coefficient (Wildman–Crippen LogP) is 3.37. The number of anilines is 2. The van der Waals surface area contributed by atoms with Crippen molar-refractivity contribution < 1.29 is 9.22 Å². The van der Waals surface area contributed by atoms with Crippen molar-refractivity contribution in [3.05, 3.63) is 65.9 Å². The Bertz CT molecular complexity index is 1060. The van der Waals surface area contributed by atoms with Crippen molar-refractivity contribution in [3.8, 4) is 17.0 Å². The lowest BCUT2D eigenvalue weighted by Gasteiger charge is -2.27. The van der Waals surface area contributed by atoms with Gasteiger partial charge in [-0.25, -0.2) is 0 Å². The molecule has 4 heterocycles. The van der Waals surface area contributed by atoms with Crippen LogP contribution in [0.2, 0.25) is 0 Å². The van der Waals surface area contributed by atoms with Crippen LogP contribution in [0.4, 0.5) is 11.4 Å². The van der Waals surface area contributed by atoms with E-state index in [1.165, 1.54) is 39.2 Å². The molecule has 0 unspecified atom stereocenters. The Morgan fingerprint density at radius 3 is 2.88 bits per heavy atom. The molecule has 2 aromatic carbocycles. The van der Waals surface area contributed by atoms with E-state index in [9.17, 15) is 0 Å². The van der Waals surface area contributed by atoms with Gasteiger partial charge in [0.1, 0.15) is 11.4 Å². The molecule has 3 nitrogen and oxygen atoms in total. The van der Waals surface area contributed by atoms with E-state index >= 15 is 0 Å². The van der Waals surface area contributed by atoms with E-state index in [1.54, 1.807) is 0 Å². The van der Waals surface area contributed by atoms with Crippen molar-refractivity contribution in [1.82, 2.24) is 0 Å². The molecule has 25 heavy (non-hydrogen) atoms. The third kappa shape index (κ3) is 1.60. The minimum Gasteiger partial charge on any atom is -0.536 e. The third-order valence-corrected chi connectivity index (χ3v) is 5.72. The molecule has 3 aliphatic rings. The summed E-state index contributed by atoms with van der Waals surface area (Å²) in [5.41, 5.74) is 9.17. The normalized spacial score (nSPS) is 15.2. The molecule has 0 saturated carbocycles. The lowest BCUT2D eigenvalue weighted by Crippen LogP contribution is -2.51. The Hall–Kier alpha value is -2.75. The molecular formula is C21H18BN2O+. The molecular weight excluding hydrogens is 307 g/mol. The minimum atomic E-state index is -0.0613. The van der Waals surface area contributed by atoms with E-state index in [1.807, 2.05) is 0 Å². The van der Waals surface area contributed by atoms with Crippen molar-refractivity contribution in [2.24, 2.45) is 0 Å². The molecule has 0 saturated heterocycles. The highest BCUT2D eigenvalue weighted by Gasteiger charge is 2.50. The van der Waals surface area contributed by atoms with Crippen LogP contribution in [0.3, 0.4) is 0 Å². The molecule has 4 heteroatoms. The second-order valence-corrected chi connectivity index (χ2v) is 7.47. The fourth-order valence-electron chi connectivity index (χ4n) is 4.51. The van der Waals surface area contributed by atoms with E-state index in [4.69, 9.17) is 4.65 Å². The standard InChI is InChI=1S/C21H18BN2O/c1-13(2)14-8-9-19-18(11-14)24-17-7-4-10-23-12-15-5-3-6-16(22(24)25-19)20(15)21(17)23/h3-11,13H,12H2,1-2H3/q+1. The van der Waals surface area contributed by atoms with Crippen LogP contribution in [0.1, 0.15) is 30.9 Å². The molecule has 0 aliphatic carbocycles. The second kappa shape index (κ2) is 4.45. The van der Waals surface area contributed by atoms with Crippen molar-refractivity contribution in [1.29, 1.82) is 0 Å². The summed E-state index contributed by atoms with van der Waals surface area (Å²) in [6.45, 7) is 5.43. The van der Waals surface area contributed by atoms with Crippen LogP contribution >= 0.6 is 0 Å². The molecule has 0 spiro atoms. The fourth-order valence-corrected chi connectivity index (χ4v) is 4.51. The van der Waals surface area contributed by atoms with Gasteiger partial charge in [-0.05, 0) is 29.7 Å².